The van der Waals surface area contributed by atoms with Crippen LogP contribution in [-0.4, -0.2) is 22.2 Å². The summed E-state index contributed by atoms with van der Waals surface area (Å²) in [6.07, 6.45) is 5.76. The van der Waals surface area contributed by atoms with Crippen LogP contribution in [0.3, 0.4) is 0 Å². The number of carbonyl (C=O) groups is 1. The molecule has 102 valence electrons. The second-order valence-electron chi connectivity index (χ2n) is 4.68. The average molecular weight is 272 g/mol. The predicted molar refractivity (Wildman–Crippen MR) is 72.0 cm³/mol. The zero-order chi connectivity index (χ0) is 14.1. The zero-order valence-corrected chi connectivity index (χ0v) is 11.0. The van der Waals surface area contributed by atoms with E-state index in [-0.39, 0.29) is 11.3 Å². The Kier molecular flexibility index (Phi) is 3.10. The molecule has 0 bridgehead atoms. The number of ketones is 1. The fraction of sp³-hybridized carbons (Fsp3) is 0.200. The van der Waals surface area contributed by atoms with Crippen molar-refractivity contribution in [1.29, 1.82) is 0 Å². The van der Waals surface area contributed by atoms with E-state index < -0.39 is 5.82 Å². The number of fused-ring (bicyclic) bond motifs is 1. The summed E-state index contributed by atoms with van der Waals surface area (Å²) in [4.78, 5) is 12.5. The van der Waals surface area contributed by atoms with Gasteiger partial charge in [-0.2, -0.15) is 5.10 Å². The van der Waals surface area contributed by atoms with Gasteiger partial charge >= 0.3 is 0 Å². The van der Waals surface area contributed by atoms with Crippen molar-refractivity contribution in [2.45, 2.75) is 6.42 Å². The van der Waals surface area contributed by atoms with E-state index in [1.54, 1.807) is 17.0 Å². The quantitative estimate of drug-likeness (QED) is 0.749. The summed E-state index contributed by atoms with van der Waals surface area (Å²) >= 11 is 0. The lowest BCUT2D eigenvalue weighted by molar-refractivity contribution is 0.103. The lowest BCUT2D eigenvalue weighted by Crippen LogP contribution is -2.02. The van der Waals surface area contributed by atoms with Gasteiger partial charge in [0, 0.05) is 30.8 Å². The highest BCUT2D eigenvalue weighted by Gasteiger charge is 2.21. The van der Waals surface area contributed by atoms with Crippen LogP contribution in [0.5, 0.6) is 5.75 Å². The minimum absolute atomic E-state index is 0.194. The highest BCUT2D eigenvalue weighted by atomic mass is 19.1. The monoisotopic (exact) mass is 272 g/mol. The molecule has 4 nitrogen and oxygen atoms in total. The first-order chi connectivity index (χ1) is 9.63. The van der Waals surface area contributed by atoms with Crippen LogP contribution >= 0.6 is 0 Å². The zero-order valence-electron chi connectivity index (χ0n) is 11.0. The van der Waals surface area contributed by atoms with Crippen molar-refractivity contribution in [3.63, 3.8) is 0 Å². The number of rotatable bonds is 1. The molecule has 0 atom stereocenters. The normalized spacial score (nSPS) is 16.7. The molecule has 0 N–H and O–H groups in total. The Morgan fingerprint density at radius 3 is 3.05 bits per heavy atom. The van der Waals surface area contributed by atoms with Crippen LogP contribution < -0.4 is 4.74 Å². The van der Waals surface area contributed by atoms with Gasteiger partial charge in [0.1, 0.15) is 11.6 Å². The van der Waals surface area contributed by atoms with Gasteiger partial charge in [-0.15, -0.1) is 0 Å². The van der Waals surface area contributed by atoms with E-state index in [0.717, 1.165) is 5.56 Å². The Morgan fingerprint density at radius 1 is 1.45 bits per heavy atom. The van der Waals surface area contributed by atoms with Crippen LogP contribution in [0.15, 0.2) is 36.2 Å². The molecule has 2 heterocycles. The van der Waals surface area contributed by atoms with Gasteiger partial charge in [-0.25, -0.2) is 4.39 Å². The molecule has 3 rings (SSSR count). The molecule has 0 aliphatic carbocycles. The third-order valence-corrected chi connectivity index (χ3v) is 3.17. The maximum absolute atomic E-state index is 13.3. The Balaban J connectivity index is 2.02. The number of aryl methyl sites for hydroxylation is 1. The molecular weight excluding hydrogens is 259 g/mol. The third kappa shape index (κ3) is 2.34. The van der Waals surface area contributed by atoms with E-state index in [4.69, 9.17) is 4.74 Å². The second kappa shape index (κ2) is 4.92. The van der Waals surface area contributed by atoms with Gasteiger partial charge in [0.2, 0.25) is 0 Å². The van der Waals surface area contributed by atoms with Crippen LogP contribution in [-0.2, 0) is 7.05 Å². The summed E-state index contributed by atoms with van der Waals surface area (Å²) in [6.45, 7) is 0.399. The summed E-state index contributed by atoms with van der Waals surface area (Å²) in [5, 5.41) is 4.06. The van der Waals surface area contributed by atoms with Gasteiger partial charge in [0.25, 0.3) is 0 Å². The minimum Gasteiger partial charge on any atom is -0.492 e. The molecule has 1 aliphatic rings. The molecule has 5 heteroatoms. The number of hydrogen-bond acceptors (Lipinski definition) is 3. The molecule has 2 aromatic rings. The summed E-state index contributed by atoms with van der Waals surface area (Å²) in [7, 11) is 1.81. The molecule has 0 spiro atoms. The second-order valence-corrected chi connectivity index (χ2v) is 4.68. The fourth-order valence-corrected chi connectivity index (χ4v) is 2.22. The number of hydrogen-bond donors (Lipinski definition) is 0. The number of Topliss-reactive ketones (excluding diaryl/α,β-unsaturated/α-hetero) is 1. The Hall–Kier alpha value is -2.43. The first kappa shape index (κ1) is 12.6. The number of nitrogens with zero attached hydrogens (tertiary/aromatic N) is 2. The molecule has 1 aromatic carbocycles. The van der Waals surface area contributed by atoms with Crippen molar-refractivity contribution >= 4 is 11.9 Å². The van der Waals surface area contributed by atoms with E-state index >= 15 is 0 Å². The van der Waals surface area contributed by atoms with Crippen molar-refractivity contribution < 1.29 is 13.9 Å². The van der Waals surface area contributed by atoms with Gasteiger partial charge in [-0.3, -0.25) is 9.48 Å². The highest BCUT2D eigenvalue weighted by molar-refractivity contribution is 6.13. The van der Waals surface area contributed by atoms with E-state index in [2.05, 4.69) is 5.10 Å². The molecule has 0 radical (unpaired) electrons. The largest absolute Gasteiger partial charge is 0.492 e. The minimum atomic E-state index is -0.441. The van der Waals surface area contributed by atoms with E-state index in [1.807, 2.05) is 13.2 Å². The van der Waals surface area contributed by atoms with Gasteiger partial charge in [-0.1, -0.05) is 0 Å². The Bertz CT molecular complexity index is 704. The van der Waals surface area contributed by atoms with Crippen molar-refractivity contribution in [3.05, 3.63) is 53.1 Å². The third-order valence-electron chi connectivity index (χ3n) is 3.17. The lowest BCUT2D eigenvalue weighted by atomic mass is 10.00. The first-order valence-electron chi connectivity index (χ1n) is 6.30. The van der Waals surface area contributed by atoms with Crippen LogP contribution in [0.4, 0.5) is 4.39 Å². The average Bonchev–Trinajstić information content (AvgIpc) is 2.77. The molecule has 1 aromatic heterocycles. The molecule has 20 heavy (non-hydrogen) atoms. The number of benzene rings is 1. The maximum Gasteiger partial charge on any atom is 0.192 e. The van der Waals surface area contributed by atoms with E-state index in [0.29, 0.717) is 24.4 Å². The van der Waals surface area contributed by atoms with Crippen molar-refractivity contribution in [2.75, 3.05) is 6.61 Å². The highest BCUT2D eigenvalue weighted by Crippen LogP contribution is 2.28. The smallest absolute Gasteiger partial charge is 0.192 e. The molecular formula is C15H13FN2O2. The molecule has 0 unspecified atom stereocenters. The maximum atomic E-state index is 13.3. The van der Waals surface area contributed by atoms with E-state index in [9.17, 15) is 9.18 Å². The molecule has 0 amide bonds. The van der Waals surface area contributed by atoms with Gasteiger partial charge < -0.3 is 4.74 Å². The summed E-state index contributed by atoms with van der Waals surface area (Å²) < 4.78 is 20.5. The Morgan fingerprint density at radius 2 is 2.30 bits per heavy atom. The lowest BCUT2D eigenvalue weighted by Gasteiger charge is -2.04. The van der Waals surface area contributed by atoms with Gasteiger partial charge in [0.15, 0.2) is 5.78 Å². The van der Waals surface area contributed by atoms with Crippen molar-refractivity contribution in [1.82, 2.24) is 9.78 Å². The first-order valence-corrected chi connectivity index (χ1v) is 6.30. The van der Waals surface area contributed by atoms with Crippen LogP contribution in [0.25, 0.3) is 6.08 Å². The topological polar surface area (TPSA) is 44.1 Å². The van der Waals surface area contributed by atoms with Crippen LogP contribution in [0.1, 0.15) is 22.3 Å². The molecule has 1 aliphatic heterocycles. The van der Waals surface area contributed by atoms with Crippen molar-refractivity contribution in [3.8, 4) is 5.75 Å². The van der Waals surface area contributed by atoms with Crippen molar-refractivity contribution in [2.24, 2.45) is 7.05 Å². The fourth-order valence-electron chi connectivity index (χ4n) is 2.22. The molecule has 0 fully saturated rings. The van der Waals surface area contributed by atoms with E-state index in [1.165, 1.54) is 18.2 Å². The summed E-state index contributed by atoms with van der Waals surface area (Å²) in [5.41, 5.74) is 1.72. The number of ether oxygens (including phenoxy) is 1. The van der Waals surface area contributed by atoms with Gasteiger partial charge in [0.05, 0.1) is 18.4 Å². The van der Waals surface area contributed by atoms with Crippen LogP contribution in [0.2, 0.25) is 0 Å². The number of halogens is 1. The number of aromatic nitrogens is 2. The Labute approximate surface area is 115 Å². The molecule has 0 saturated carbocycles. The molecule has 0 saturated heterocycles. The summed E-state index contributed by atoms with van der Waals surface area (Å²) in [6, 6.07) is 4.01. The van der Waals surface area contributed by atoms with Gasteiger partial charge in [-0.05, 0) is 24.3 Å². The van der Waals surface area contributed by atoms with Crippen LogP contribution in [0, 0.1) is 5.82 Å². The SMILES string of the molecule is Cn1cc(C=C2CCOc3ccc(F)cc3C2=O)cn1. The summed E-state index contributed by atoms with van der Waals surface area (Å²) in [5.74, 6) is -0.199. The standard InChI is InChI=1S/C15H13FN2O2/c1-18-9-10(8-17-18)6-11-4-5-20-14-3-2-12(16)7-13(14)15(11)19/h2-3,6-9H,4-5H2,1H3. The predicted octanol–water partition coefficient (Wildman–Crippen LogP) is 2.61. The number of carbonyl (C=O) groups excluding carboxylic acids is 1.